The molecule has 1 nitrogen and oxygen atoms in total. The summed E-state index contributed by atoms with van der Waals surface area (Å²) in [5, 5.41) is 0. The molecule has 58 valence electrons. The van der Waals surface area contributed by atoms with Gasteiger partial charge in [-0.3, -0.25) is 4.90 Å². The number of hydrogen-bond acceptors (Lipinski definition) is 1. The molecule has 0 aromatic heterocycles. The van der Waals surface area contributed by atoms with Crippen LogP contribution >= 0.6 is 0 Å². The molecule has 0 amide bonds. The van der Waals surface area contributed by atoms with Crippen molar-refractivity contribution >= 4 is 0 Å². The van der Waals surface area contributed by atoms with Crippen LogP contribution in [0.2, 0.25) is 0 Å². The predicted octanol–water partition coefficient (Wildman–Crippen LogP) is 1.94. The topological polar surface area (TPSA) is 3.24 Å². The first kappa shape index (κ1) is 6.86. The second-order valence-electron chi connectivity index (χ2n) is 3.44. The maximum Gasteiger partial charge on any atom is 0.0237 e. The summed E-state index contributed by atoms with van der Waals surface area (Å²) in [7, 11) is 2.16. The van der Waals surface area contributed by atoms with Crippen LogP contribution in [-0.2, 0) is 13.1 Å². The maximum absolute atomic E-state index is 2.34. The van der Waals surface area contributed by atoms with Crippen molar-refractivity contribution in [3.8, 4) is 0 Å². The Bertz CT molecular complexity index is 278. The summed E-state index contributed by atoms with van der Waals surface area (Å²) < 4.78 is 0. The molecule has 1 aliphatic rings. The Balaban J connectivity index is 2.43. The minimum atomic E-state index is 1.12. The van der Waals surface area contributed by atoms with Crippen LogP contribution in [0.1, 0.15) is 16.7 Å². The molecule has 0 unspecified atom stereocenters. The number of nitrogens with zero attached hydrogens (tertiary/aromatic N) is 1. The minimum Gasteiger partial charge on any atom is -0.298 e. The number of hydrogen-bond donors (Lipinski definition) is 0. The van der Waals surface area contributed by atoms with E-state index in [0.717, 1.165) is 13.1 Å². The molecular formula is C10H13N. The standard InChI is InChI=1S/C10H13N/c1-8-3-4-9-6-11(2)7-10(9)5-8/h3-5H,6-7H2,1-2H3. The van der Waals surface area contributed by atoms with Crippen molar-refractivity contribution in [2.75, 3.05) is 7.05 Å². The summed E-state index contributed by atoms with van der Waals surface area (Å²) in [5.41, 5.74) is 4.38. The number of rotatable bonds is 0. The smallest absolute Gasteiger partial charge is 0.0237 e. The molecule has 0 atom stereocenters. The molecule has 0 radical (unpaired) electrons. The average Bonchev–Trinajstić information content (AvgIpc) is 2.27. The van der Waals surface area contributed by atoms with Gasteiger partial charge in [-0.25, -0.2) is 0 Å². The zero-order chi connectivity index (χ0) is 7.84. The van der Waals surface area contributed by atoms with Gasteiger partial charge in [0, 0.05) is 13.1 Å². The van der Waals surface area contributed by atoms with Crippen molar-refractivity contribution in [1.29, 1.82) is 0 Å². The highest BCUT2D eigenvalue weighted by atomic mass is 15.1. The van der Waals surface area contributed by atoms with Crippen LogP contribution < -0.4 is 0 Å². The molecular weight excluding hydrogens is 134 g/mol. The highest BCUT2D eigenvalue weighted by Crippen LogP contribution is 2.21. The summed E-state index contributed by atoms with van der Waals surface area (Å²) in [6.07, 6.45) is 0. The first-order valence-electron chi connectivity index (χ1n) is 4.02. The molecule has 1 aliphatic heterocycles. The van der Waals surface area contributed by atoms with Crippen LogP contribution in [-0.4, -0.2) is 11.9 Å². The van der Waals surface area contributed by atoms with E-state index in [9.17, 15) is 0 Å². The summed E-state index contributed by atoms with van der Waals surface area (Å²) in [6, 6.07) is 6.73. The maximum atomic E-state index is 2.34. The van der Waals surface area contributed by atoms with Gasteiger partial charge < -0.3 is 0 Å². The SMILES string of the molecule is Cc1ccc2c(c1)CN(C)C2. The van der Waals surface area contributed by atoms with Crippen molar-refractivity contribution in [2.24, 2.45) is 0 Å². The lowest BCUT2D eigenvalue weighted by atomic mass is 10.1. The lowest BCUT2D eigenvalue weighted by Gasteiger charge is -2.02. The van der Waals surface area contributed by atoms with Gasteiger partial charge in [0.25, 0.3) is 0 Å². The van der Waals surface area contributed by atoms with Crippen molar-refractivity contribution in [3.05, 3.63) is 34.9 Å². The molecule has 2 rings (SSSR count). The van der Waals surface area contributed by atoms with Crippen LogP contribution in [0.25, 0.3) is 0 Å². The monoisotopic (exact) mass is 147 g/mol. The van der Waals surface area contributed by atoms with Crippen LogP contribution in [0.3, 0.4) is 0 Å². The molecule has 0 bridgehead atoms. The lowest BCUT2D eigenvalue weighted by Crippen LogP contribution is -2.07. The zero-order valence-corrected chi connectivity index (χ0v) is 7.09. The van der Waals surface area contributed by atoms with Gasteiger partial charge in [-0.05, 0) is 25.1 Å². The highest BCUT2D eigenvalue weighted by Gasteiger charge is 2.13. The molecule has 0 aliphatic carbocycles. The summed E-state index contributed by atoms with van der Waals surface area (Å²) in [6.45, 7) is 4.39. The third-order valence-corrected chi connectivity index (χ3v) is 2.24. The normalized spacial score (nSPS) is 16.9. The number of fused-ring (bicyclic) bond motifs is 1. The molecule has 0 saturated carbocycles. The van der Waals surface area contributed by atoms with Crippen molar-refractivity contribution in [2.45, 2.75) is 20.0 Å². The highest BCUT2D eigenvalue weighted by molar-refractivity contribution is 5.33. The van der Waals surface area contributed by atoms with Crippen LogP contribution in [0.15, 0.2) is 18.2 Å². The van der Waals surface area contributed by atoms with Crippen LogP contribution in [0.5, 0.6) is 0 Å². The minimum absolute atomic E-state index is 1.12. The lowest BCUT2D eigenvalue weighted by molar-refractivity contribution is 0.353. The number of aryl methyl sites for hydroxylation is 1. The third-order valence-electron chi connectivity index (χ3n) is 2.24. The van der Waals surface area contributed by atoms with Gasteiger partial charge in [0.15, 0.2) is 0 Å². The van der Waals surface area contributed by atoms with Gasteiger partial charge in [0.2, 0.25) is 0 Å². The molecule has 0 spiro atoms. The zero-order valence-electron chi connectivity index (χ0n) is 7.09. The van der Waals surface area contributed by atoms with E-state index in [1.54, 1.807) is 0 Å². The van der Waals surface area contributed by atoms with Gasteiger partial charge >= 0.3 is 0 Å². The molecule has 1 heteroatoms. The summed E-state index contributed by atoms with van der Waals surface area (Å²) >= 11 is 0. The number of benzene rings is 1. The van der Waals surface area contributed by atoms with Crippen molar-refractivity contribution < 1.29 is 0 Å². The van der Waals surface area contributed by atoms with Gasteiger partial charge in [-0.2, -0.15) is 0 Å². The fraction of sp³-hybridized carbons (Fsp3) is 0.400. The van der Waals surface area contributed by atoms with E-state index < -0.39 is 0 Å². The molecule has 1 heterocycles. The van der Waals surface area contributed by atoms with E-state index in [1.807, 2.05) is 0 Å². The Morgan fingerprint density at radius 2 is 1.91 bits per heavy atom. The molecule has 11 heavy (non-hydrogen) atoms. The second kappa shape index (κ2) is 2.35. The van der Waals surface area contributed by atoms with Crippen LogP contribution in [0.4, 0.5) is 0 Å². The molecule has 0 saturated heterocycles. The van der Waals surface area contributed by atoms with Gasteiger partial charge in [-0.15, -0.1) is 0 Å². The van der Waals surface area contributed by atoms with E-state index in [4.69, 9.17) is 0 Å². The molecule has 0 N–H and O–H groups in total. The van der Waals surface area contributed by atoms with E-state index in [0.29, 0.717) is 0 Å². The fourth-order valence-corrected chi connectivity index (χ4v) is 1.69. The van der Waals surface area contributed by atoms with E-state index >= 15 is 0 Å². The summed E-state index contributed by atoms with van der Waals surface area (Å²) in [4.78, 5) is 2.34. The van der Waals surface area contributed by atoms with Crippen molar-refractivity contribution in [1.82, 2.24) is 4.90 Å². The van der Waals surface area contributed by atoms with Crippen LogP contribution in [0, 0.1) is 6.92 Å². The molecule has 0 fully saturated rings. The quantitative estimate of drug-likeness (QED) is 0.542. The first-order valence-corrected chi connectivity index (χ1v) is 4.02. The third kappa shape index (κ3) is 1.16. The average molecular weight is 147 g/mol. The Kier molecular flexibility index (Phi) is 1.46. The van der Waals surface area contributed by atoms with E-state index in [-0.39, 0.29) is 0 Å². The van der Waals surface area contributed by atoms with Crippen molar-refractivity contribution in [3.63, 3.8) is 0 Å². The summed E-state index contributed by atoms with van der Waals surface area (Å²) in [5.74, 6) is 0. The fourth-order valence-electron chi connectivity index (χ4n) is 1.69. The van der Waals surface area contributed by atoms with E-state index in [1.165, 1.54) is 16.7 Å². The van der Waals surface area contributed by atoms with Gasteiger partial charge in [-0.1, -0.05) is 23.8 Å². The molecule has 1 aromatic carbocycles. The predicted molar refractivity (Wildman–Crippen MR) is 46.4 cm³/mol. The van der Waals surface area contributed by atoms with Gasteiger partial charge in [0.05, 0.1) is 0 Å². The Labute approximate surface area is 67.6 Å². The second-order valence-corrected chi connectivity index (χ2v) is 3.44. The van der Waals surface area contributed by atoms with E-state index in [2.05, 4.69) is 37.1 Å². The Morgan fingerprint density at radius 1 is 1.18 bits per heavy atom. The molecule has 1 aromatic rings. The first-order chi connectivity index (χ1) is 5.25. The van der Waals surface area contributed by atoms with Gasteiger partial charge in [0.1, 0.15) is 0 Å². The Morgan fingerprint density at radius 3 is 2.73 bits per heavy atom. The largest absolute Gasteiger partial charge is 0.298 e. The Hall–Kier alpha value is -0.820.